The third-order valence-corrected chi connectivity index (χ3v) is 15.9. The number of amides is 5. The van der Waals surface area contributed by atoms with E-state index in [1.54, 1.807) is 49.3 Å². The Morgan fingerprint density at radius 3 is 2.15 bits per heavy atom. The lowest BCUT2D eigenvalue weighted by molar-refractivity contribution is -0.147. The number of alkyl halides is 2. The van der Waals surface area contributed by atoms with Gasteiger partial charge in [0.25, 0.3) is 18.2 Å². The minimum Gasteiger partial charge on any atom is -0.491 e. The molecule has 0 bridgehead atoms. The summed E-state index contributed by atoms with van der Waals surface area (Å²) in [6.45, 7) is 12.3. The number of aromatic nitrogens is 4. The van der Waals surface area contributed by atoms with Gasteiger partial charge in [-0.05, 0) is 128 Å². The molecule has 5 amide bonds. The first kappa shape index (κ1) is 67.2. The van der Waals surface area contributed by atoms with Crippen LogP contribution in [0.2, 0.25) is 0 Å². The summed E-state index contributed by atoms with van der Waals surface area (Å²) in [7, 11) is 1.69. The lowest BCUT2D eigenvalue weighted by atomic mass is 9.83. The fourth-order valence-corrected chi connectivity index (χ4v) is 10.5. The van der Waals surface area contributed by atoms with Crippen molar-refractivity contribution in [2.24, 2.45) is 11.3 Å². The molecule has 488 valence electrons. The molecule has 1 aliphatic heterocycles. The Labute approximate surface area is 528 Å². The van der Waals surface area contributed by atoms with Crippen LogP contribution in [0.1, 0.15) is 115 Å². The fourth-order valence-electron chi connectivity index (χ4n) is 10.5. The predicted octanol–water partition coefficient (Wildman–Crippen LogP) is 7.41. The van der Waals surface area contributed by atoms with Crippen LogP contribution in [0.15, 0.2) is 102 Å². The van der Waals surface area contributed by atoms with E-state index in [0.29, 0.717) is 100 Å². The van der Waals surface area contributed by atoms with E-state index in [-0.39, 0.29) is 73.2 Å². The topological polar surface area (TPSA) is 273 Å². The summed E-state index contributed by atoms with van der Waals surface area (Å²) in [6, 6.07) is 21.1. The van der Waals surface area contributed by atoms with Crippen LogP contribution in [-0.4, -0.2) is 165 Å². The number of halogens is 2. The highest BCUT2D eigenvalue weighted by Gasteiger charge is 2.43. The monoisotopic (exact) mass is 1260 g/mol. The molecule has 9 rings (SSSR count). The summed E-state index contributed by atoms with van der Waals surface area (Å²) in [5.74, 6) is 0.0836. The minimum atomic E-state index is -3.00. The summed E-state index contributed by atoms with van der Waals surface area (Å²) in [4.78, 5) is 78.4. The second kappa shape index (κ2) is 32.7. The third kappa shape index (κ3) is 19.2. The number of oxazole rings is 1. The highest BCUT2D eigenvalue weighted by molar-refractivity contribution is 6.03. The standard InChI is InChI=1S/C66H83F2N11O12/c1-42(69-5)60(80)76-58(66(2,3)4)65(84)78-39-48-35-50(20-17-46(48)36-55(78)63(83)73-52-12-8-10-44-9-6-7-11-51(44)52)90-34-33-89-32-31-88-30-29-87-28-27-86-26-25-85-24-23-71-61(81)45-15-18-49(19-16-45)79-40-53(57(77-79)59(67)68)74-62(82)54-41-91-64(75-54)47-21-22-70-56(37-47)72-38-43-13-14-43/h6-7,9,11,15-22,35,37,40-43,52,55,58-59,69H,8,10,12-14,23-34,36,38-39H2,1-5H3,(H,70,72)(H,71,81)(H,73,83)(H,74,82)(H,76,80)/t42?,52-,55+,58?/m1/s1. The Morgan fingerprint density at radius 1 is 0.780 bits per heavy atom. The van der Waals surface area contributed by atoms with Crippen molar-refractivity contribution in [3.63, 3.8) is 0 Å². The van der Waals surface area contributed by atoms with Gasteiger partial charge in [0, 0.05) is 43.4 Å². The molecule has 0 saturated heterocycles. The number of ether oxygens (including phenoxy) is 6. The molecule has 2 aliphatic carbocycles. The van der Waals surface area contributed by atoms with Crippen molar-refractivity contribution < 1.29 is 65.6 Å². The second-order valence-electron chi connectivity index (χ2n) is 23.7. The zero-order chi connectivity index (χ0) is 64.3. The van der Waals surface area contributed by atoms with Gasteiger partial charge in [-0.3, -0.25) is 24.0 Å². The highest BCUT2D eigenvalue weighted by Crippen LogP contribution is 2.35. The van der Waals surface area contributed by atoms with Crippen LogP contribution in [0.25, 0.3) is 17.1 Å². The van der Waals surface area contributed by atoms with Crippen LogP contribution in [0.3, 0.4) is 0 Å². The lowest BCUT2D eigenvalue weighted by Crippen LogP contribution is -2.62. The maximum absolute atomic E-state index is 14.7. The van der Waals surface area contributed by atoms with Crippen molar-refractivity contribution in [1.29, 1.82) is 0 Å². The Bertz CT molecular complexity index is 3390. The molecule has 3 aromatic heterocycles. The van der Waals surface area contributed by atoms with Gasteiger partial charge in [-0.15, -0.1) is 0 Å². The maximum Gasteiger partial charge on any atom is 0.284 e. The van der Waals surface area contributed by atoms with Gasteiger partial charge in [-0.2, -0.15) is 5.10 Å². The number of rotatable bonds is 34. The molecule has 6 aromatic rings. The number of hydrogen-bond acceptors (Lipinski definition) is 17. The van der Waals surface area contributed by atoms with Crippen molar-refractivity contribution in [3.05, 3.63) is 137 Å². The van der Waals surface area contributed by atoms with Gasteiger partial charge in [-0.1, -0.05) is 51.1 Å². The number of anilines is 2. The smallest absolute Gasteiger partial charge is 0.284 e. The van der Waals surface area contributed by atoms with Gasteiger partial charge in [0.15, 0.2) is 11.4 Å². The average Bonchev–Trinajstić information content (AvgIpc) is 1.54. The Kier molecular flexibility index (Phi) is 24.1. The maximum atomic E-state index is 14.7. The normalized spacial score (nSPS) is 16.1. The van der Waals surface area contributed by atoms with Crippen molar-refractivity contribution in [1.82, 2.24) is 45.9 Å². The van der Waals surface area contributed by atoms with Crippen molar-refractivity contribution in [3.8, 4) is 22.9 Å². The van der Waals surface area contributed by atoms with Gasteiger partial charge in [0.1, 0.15) is 36.5 Å². The minimum absolute atomic E-state index is 0.113. The largest absolute Gasteiger partial charge is 0.491 e. The SMILES string of the molecule is CNC(C)C(=O)NC(C(=O)N1Cc2cc(OCCOCCOCCOCCOCCOCCNC(=O)c3ccc(-n4cc(NC(=O)c5coc(-c6ccnc(NCC7CC7)c6)n5)c(C(F)F)n4)cc3)ccc2C[C@H]1C(=O)N[C@@H]1CCCc2ccccc21)C(C)(C)C. The molecule has 0 spiro atoms. The molecule has 1 saturated carbocycles. The van der Waals surface area contributed by atoms with Crippen LogP contribution in [-0.2, 0) is 57.5 Å². The van der Waals surface area contributed by atoms with Crippen molar-refractivity contribution in [2.75, 3.05) is 103 Å². The molecule has 4 heterocycles. The van der Waals surface area contributed by atoms with E-state index in [2.05, 4.69) is 59.1 Å². The quantitative estimate of drug-likeness (QED) is 0.0215. The number of nitrogens with one attached hydrogen (secondary N) is 6. The van der Waals surface area contributed by atoms with Crippen molar-refractivity contribution >= 4 is 41.0 Å². The molecule has 4 atom stereocenters. The molecule has 1 fully saturated rings. The number of carbonyl (C=O) groups excluding carboxylic acids is 5. The van der Waals surface area contributed by atoms with Crippen LogP contribution in [0.5, 0.6) is 5.75 Å². The van der Waals surface area contributed by atoms with Crippen molar-refractivity contribution in [2.45, 2.75) is 103 Å². The Hall–Kier alpha value is -8.20. The summed E-state index contributed by atoms with van der Waals surface area (Å²) >= 11 is 0. The molecule has 0 radical (unpaired) electrons. The summed E-state index contributed by atoms with van der Waals surface area (Å²) in [5.41, 5.74) is 3.81. The van der Waals surface area contributed by atoms with E-state index in [4.69, 9.17) is 32.8 Å². The van der Waals surface area contributed by atoms with Gasteiger partial charge >= 0.3 is 0 Å². The molecule has 3 aromatic carbocycles. The first-order valence-corrected chi connectivity index (χ1v) is 31.1. The Balaban J connectivity index is 0.608. The number of likely N-dealkylation sites (N-methyl/N-ethyl adjacent to an activating group) is 1. The molecular weight excluding hydrogens is 1180 g/mol. The second-order valence-corrected chi connectivity index (χ2v) is 23.7. The van der Waals surface area contributed by atoms with E-state index < -0.39 is 41.6 Å². The van der Waals surface area contributed by atoms with Gasteiger partial charge in [-0.25, -0.2) is 23.4 Å². The van der Waals surface area contributed by atoms with Gasteiger partial charge in [0.05, 0.1) is 95.7 Å². The van der Waals surface area contributed by atoms with Gasteiger partial charge < -0.3 is 69.6 Å². The van der Waals surface area contributed by atoms with E-state index in [1.165, 1.54) is 41.4 Å². The molecule has 6 N–H and O–H groups in total. The number of fused-ring (bicyclic) bond motifs is 2. The van der Waals surface area contributed by atoms with E-state index >= 15 is 0 Å². The summed E-state index contributed by atoms with van der Waals surface area (Å²) in [5, 5.41) is 21.7. The number of carbonyl (C=O) groups is 5. The molecule has 25 heteroatoms. The zero-order valence-corrected chi connectivity index (χ0v) is 52.2. The van der Waals surface area contributed by atoms with Crippen LogP contribution >= 0.6 is 0 Å². The van der Waals surface area contributed by atoms with Crippen LogP contribution in [0, 0.1) is 11.3 Å². The first-order valence-electron chi connectivity index (χ1n) is 31.1. The van der Waals surface area contributed by atoms with E-state index in [0.717, 1.165) is 48.8 Å². The zero-order valence-electron chi connectivity index (χ0n) is 52.2. The van der Waals surface area contributed by atoms with Crippen LogP contribution < -0.4 is 36.6 Å². The fraction of sp³-hybridized carbons (Fsp3) is 0.485. The molecular formula is C66H83F2N11O12. The number of hydrogen-bond donors (Lipinski definition) is 6. The molecule has 23 nitrogen and oxygen atoms in total. The molecule has 3 aliphatic rings. The van der Waals surface area contributed by atoms with E-state index in [9.17, 15) is 32.8 Å². The number of benzene rings is 3. The summed E-state index contributed by atoms with van der Waals surface area (Å²) in [6.07, 6.45) is 6.40. The number of nitrogens with zero attached hydrogens (tertiary/aromatic N) is 5. The third-order valence-electron chi connectivity index (χ3n) is 15.9. The van der Waals surface area contributed by atoms with Crippen LogP contribution in [0.4, 0.5) is 20.3 Å². The average molecular weight is 1260 g/mol. The molecule has 91 heavy (non-hydrogen) atoms. The van der Waals surface area contributed by atoms with Gasteiger partial charge in [0.2, 0.25) is 23.6 Å². The number of aryl methyl sites for hydroxylation is 1. The first-order chi connectivity index (χ1) is 44.0. The predicted molar refractivity (Wildman–Crippen MR) is 334 cm³/mol. The summed E-state index contributed by atoms with van der Waals surface area (Å²) < 4.78 is 69.2. The highest BCUT2D eigenvalue weighted by atomic mass is 19.3. The van der Waals surface area contributed by atoms with E-state index in [1.807, 2.05) is 51.1 Å². The molecule has 2 unspecified atom stereocenters. The lowest BCUT2D eigenvalue weighted by Gasteiger charge is -2.41. The Morgan fingerprint density at radius 2 is 1.47 bits per heavy atom. The number of pyridine rings is 1.